The maximum Gasteiger partial charge on any atom is 0.274 e. The number of aromatic nitrogens is 4. The standard InChI is InChI=1S/C17H20N6O/c1-4-23(5-2)17(24)13-9-19-15(18)14(20-13)16-21-11-7-6-10(3)8-12(11)22-16/h6-9H,4-5H2,1-3H3,(H2,18,19)(H,21,22). The fraction of sp³-hybridized carbons (Fsp3) is 0.294. The lowest BCUT2D eigenvalue weighted by molar-refractivity contribution is 0.0767. The van der Waals surface area contributed by atoms with Gasteiger partial charge in [0, 0.05) is 13.1 Å². The molecule has 0 radical (unpaired) electrons. The van der Waals surface area contributed by atoms with E-state index < -0.39 is 0 Å². The van der Waals surface area contributed by atoms with Crippen molar-refractivity contribution in [2.75, 3.05) is 18.8 Å². The van der Waals surface area contributed by atoms with Crippen LogP contribution < -0.4 is 5.73 Å². The number of amides is 1. The van der Waals surface area contributed by atoms with E-state index in [1.807, 2.05) is 39.0 Å². The quantitative estimate of drug-likeness (QED) is 0.767. The zero-order valence-corrected chi connectivity index (χ0v) is 14.0. The molecule has 0 unspecified atom stereocenters. The highest BCUT2D eigenvalue weighted by atomic mass is 16.2. The van der Waals surface area contributed by atoms with Gasteiger partial charge in [-0.2, -0.15) is 0 Å². The normalized spacial score (nSPS) is 11.0. The highest BCUT2D eigenvalue weighted by molar-refractivity contribution is 5.93. The van der Waals surface area contributed by atoms with Gasteiger partial charge in [-0.05, 0) is 38.5 Å². The number of hydrogen-bond acceptors (Lipinski definition) is 5. The lowest BCUT2D eigenvalue weighted by atomic mass is 10.2. The van der Waals surface area contributed by atoms with Gasteiger partial charge in [0.1, 0.15) is 11.4 Å². The number of fused-ring (bicyclic) bond motifs is 1. The van der Waals surface area contributed by atoms with Crippen molar-refractivity contribution in [2.45, 2.75) is 20.8 Å². The van der Waals surface area contributed by atoms with Gasteiger partial charge < -0.3 is 15.6 Å². The number of carbonyl (C=O) groups excluding carboxylic acids is 1. The number of imidazole rings is 1. The number of aryl methyl sites for hydroxylation is 1. The van der Waals surface area contributed by atoms with Gasteiger partial charge in [0.2, 0.25) is 0 Å². The van der Waals surface area contributed by atoms with E-state index in [4.69, 9.17) is 5.73 Å². The van der Waals surface area contributed by atoms with E-state index in [0.717, 1.165) is 16.6 Å². The number of nitrogens with two attached hydrogens (primary N) is 1. The molecule has 7 nitrogen and oxygen atoms in total. The zero-order chi connectivity index (χ0) is 17.3. The predicted octanol–water partition coefficient (Wildman–Crippen LogP) is 2.39. The Bertz CT molecular complexity index is 897. The van der Waals surface area contributed by atoms with Crippen LogP contribution in [0.15, 0.2) is 24.4 Å². The Kier molecular flexibility index (Phi) is 4.16. The summed E-state index contributed by atoms with van der Waals surface area (Å²) in [5, 5.41) is 0. The first-order chi connectivity index (χ1) is 11.5. The number of nitrogens with zero attached hydrogens (tertiary/aromatic N) is 4. The smallest absolute Gasteiger partial charge is 0.274 e. The van der Waals surface area contributed by atoms with Crippen molar-refractivity contribution in [2.24, 2.45) is 0 Å². The average Bonchev–Trinajstić information content (AvgIpc) is 2.99. The molecule has 3 rings (SSSR count). The molecular formula is C17H20N6O. The number of H-pyrrole nitrogens is 1. The molecule has 0 saturated carbocycles. The molecule has 124 valence electrons. The second-order valence-electron chi connectivity index (χ2n) is 5.57. The van der Waals surface area contributed by atoms with E-state index in [1.165, 1.54) is 6.20 Å². The van der Waals surface area contributed by atoms with Crippen molar-refractivity contribution in [1.82, 2.24) is 24.8 Å². The third kappa shape index (κ3) is 2.80. The Hall–Kier alpha value is -2.96. The van der Waals surface area contributed by atoms with Gasteiger partial charge in [-0.3, -0.25) is 4.79 Å². The van der Waals surface area contributed by atoms with Crippen molar-refractivity contribution < 1.29 is 4.79 Å². The first kappa shape index (κ1) is 15.9. The number of carbonyl (C=O) groups is 1. The highest BCUT2D eigenvalue weighted by Crippen LogP contribution is 2.23. The number of nitrogens with one attached hydrogen (secondary N) is 1. The lowest BCUT2D eigenvalue weighted by Crippen LogP contribution is -2.31. The number of rotatable bonds is 4. The molecule has 0 atom stereocenters. The Balaban J connectivity index is 2.06. The monoisotopic (exact) mass is 324 g/mol. The van der Waals surface area contributed by atoms with Crippen LogP contribution in [-0.4, -0.2) is 43.8 Å². The van der Waals surface area contributed by atoms with E-state index >= 15 is 0 Å². The van der Waals surface area contributed by atoms with Crippen molar-refractivity contribution in [3.8, 4) is 11.5 Å². The molecule has 24 heavy (non-hydrogen) atoms. The second kappa shape index (κ2) is 6.27. The summed E-state index contributed by atoms with van der Waals surface area (Å²) in [6, 6.07) is 5.92. The fourth-order valence-corrected chi connectivity index (χ4v) is 2.58. The van der Waals surface area contributed by atoms with Crippen LogP contribution in [0.4, 0.5) is 5.82 Å². The molecule has 2 heterocycles. The molecule has 0 aliphatic carbocycles. The van der Waals surface area contributed by atoms with E-state index in [1.54, 1.807) is 4.90 Å². The van der Waals surface area contributed by atoms with Gasteiger partial charge in [0.15, 0.2) is 11.6 Å². The zero-order valence-electron chi connectivity index (χ0n) is 14.0. The summed E-state index contributed by atoms with van der Waals surface area (Å²) < 4.78 is 0. The molecule has 7 heteroatoms. The first-order valence-corrected chi connectivity index (χ1v) is 7.92. The minimum atomic E-state index is -0.166. The Morgan fingerprint density at radius 1 is 1.25 bits per heavy atom. The Morgan fingerprint density at radius 3 is 2.71 bits per heavy atom. The van der Waals surface area contributed by atoms with Gasteiger partial charge >= 0.3 is 0 Å². The lowest BCUT2D eigenvalue weighted by Gasteiger charge is -2.18. The number of nitrogen functional groups attached to an aromatic ring is 1. The van der Waals surface area contributed by atoms with Gasteiger partial charge in [-0.1, -0.05) is 6.07 Å². The fourth-order valence-electron chi connectivity index (χ4n) is 2.58. The maximum atomic E-state index is 12.5. The number of benzene rings is 1. The van der Waals surface area contributed by atoms with Gasteiger partial charge in [-0.15, -0.1) is 0 Å². The molecule has 0 saturated heterocycles. The summed E-state index contributed by atoms with van der Waals surface area (Å²) in [7, 11) is 0. The SMILES string of the molecule is CCN(CC)C(=O)c1cnc(N)c(-c2nc3ccc(C)cc3[nH]2)n1. The molecule has 2 aromatic heterocycles. The Labute approximate surface area is 139 Å². The minimum absolute atomic E-state index is 0.166. The van der Waals surface area contributed by atoms with Crippen LogP contribution in [0.5, 0.6) is 0 Å². The van der Waals surface area contributed by atoms with Crippen LogP contribution in [0.25, 0.3) is 22.6 Å². The third-order valence-electron chi connectivity index (χ3n) is 3.93. The average molecular weight is 324 g/mol. The molecule has 1 aromatic carbocycles. The van der Waals surface area contributed by atoms with Crippen LogP contribution in [0, 0.1) is 6.92 Å². The van der Waals surface area contributed by atoms with E-state index in [0.29, 0.717) is 24.6 Å². The molecule has 1 amide bonds. The molecule has 3 aromatic rings. The van der Waals surface area contributed by atoms with Crippen LogP contribution in [0.3, 0.4) is 0 Å². The molecule has 0 aliphatic rings. The summed E-state index contributed by atoms with van der Waals surface area (Å²) in [4.78, 5) is 30.4. The number of anilines is 1. The van der Waals surface area contributed by atoms with Crippen molar-refractivity contribution in [3.63, 3.8) is 0 Å². The third-order valence-corrected chi connectivity index (χ3v) is 3.93. The summed E-state index contributed by atoms with van der Waals surface area (Å²) in [6.45, 7) is 7.09. The van der Waals surface area contributed by atoms with Gasteiger partial charge in [-0.25, -0.2) is 15.0 Å². The molecule has 0 aliphatic heterocycles. The van der Waals surface area contributed by atoms with Crippen LogP contribution in [0.2, 0.25) is 0 Å². The van der Waals surface area contributed by atoms with Crippen LogP contribution in [-0.2, 0) is 0 Å². The largest absolute Gasteiger partial charge is 0.382 e. The number of hydrogen-bond donors (Lipinski definition) is 2. The van der Waals surface area contributed by atoms with Gasteiger partial charge in [0.05, 0.1) is 17.2 Å². The minimum Gasteiger partial charge on any atom is -0.382 e. The summed E-state index contributed by atoms with van der Waals surface area (Å²) in [5.41, 5.74) is 9.45. The summed E-state index contributed by atoms with van der Waals surface area (Å²) >= 11 is 0. The first-order valence-electron chi connectivity index (χ1n) is 7.92. The molecule has 3 N–H and O–H groups in total. The molecule has 0 bridgehead atoms. The summed E-state index contributed by atoms with van der Waals surface area (Å²) in [6.07, 6.45) is 1.41. The van der Waals surface area contributed by atoms with E-state index in [9.17, 15) is 4.79 Å². The van der Waals surface area contributed by atoms with Crippen molar-refractivity contribution in [1.29, 1.82) is 0 Å². The van der Waals surface area contributed by atoms with E-state index in [-0.39, 0.29) is 17.4 Å². The van der Waals surface area contributed by atoms with E-state index in [2.05, 4.69) is 19.9 Å². The second-order valence-corrected chi connectivity index (χ2v) is 5.57. The topological polar surface area (TPSA) is 101 Å². The molecule has 0 fully saturated rings. The Morgan fingerprint density at radius 2 is 2.00 bits per heavy atom. The van der Waals surface area contributed by atoms with Crippen molar-refractivity contribution >= 4 is 22.8 Å². The predicted molar refractivity (Wildman–Crippen MR) is 93.5 cm³/mol. The maximum absolute atomic E-state index is 12.5. The summed E-state index contributed by atoms with van der Waals surface area (Å²) in [5.74, 6) is 0.581. The molecule has 0 spiro atoms. The van der Waals surface area contributed by atoms with Crippen LogP contribution >= 0.6 is 0 Å². The molecular weight excluding hydrogens is 304 g/mol. The highest BCUT2D eigenvalue weighted by Gasteiger charge is 2.18. The van der Waals surface area contributed by atoms with Crippen LogP contribution in [0.1, 0.15) is 29.9 Å². The van der Waals surface area contributed by atoms with Crippen molar-refractivity contribution in [3.05, 3.63) is 35.7 Å². The number of aromatic amines is 1. The van der Waals surface area contributed by atoms with Gasteiger partial charge in [0.25, 0.3) is 5.91 Å².